The summed E-state index contributed by atoms with van der Waals surface area (Å²) < 4.78 is 0. The molecule has 0 radical (unpaired) electrons. The Morgan fingerprint density at radius 1 is 1.19 bits per heavy atom. The summed E-state index contributed by atoms with van der Waals surface area (Å²) in [6, 6.07) is 7.65. The molecule has 1 saturated heterocycles. The lowest BCUT2D eigenvalue weighted by atomic mass is 10.1. The third-order valence-electron chi connectivity index (χ3n) is 4.22. The zero-order chi connectivity index (χ0) is 15.1. The summed E-state index contributed by atoms with van der Waals surface area (Å²) in [4.78, 5) is 13.6. The predicted molar refractivity (Wildman–Crippen MR) is 86.7 cm³/mol. The lowest BCUT2D eigenvalue weighted by molar-refractivity contribution is -0.893. The molecule has 1 fully saturated rings. The molecule has 1 amide bonds. The molecule has 3 nitrogen and oxygen atoms in total. The smallest absolute Gasteiger partial charge is 0.275 e. The monoisotopic (exact) mass is 309 g/mol. The predicted octanol–water partition coefficient (Wildman–Crippen LogP) is 2.37. The van der Waals surface area contributed by atoms with Crippen molar-refractivity contribution in [2.45, 2.75) is 45.1 Å². The minimum atomic E-state index is -0.0413. The highest BCUT2D eigenvalue weighted by Crippen LogP contribution is 2.21. The van der Waals surface area contributed by atoms with Crippen LogP contribution in [0.5, 0.6) is 0 Å². The summed E-state index contributed by atoms with van der Waals surface area (Å²) in [7, 11) is 0. The molecule has 0 saturated carbocycles. The molecule has 1 atom stereocenters. The van der Waals surface area contributed by atoms with Gasteiger partial charge in [-0.15, -0.1) is 0 Å². The molecule has 0 bridgehead atoms. The maximum Gasteiger partial charge on any atom is 0.275 e. The van der Waals surface area contributed by atoms with Crippen molar-refractivity contribution >= 4 is 17.5 Å². The third-order valence-corrected chi connectivity index (χ3v) is 4.56. The second kappa shape index (κ2) is 8.40. The topological polar surface area (TPSA) is 33.5 Å². The van der Waals surface area contributed by atoms with Crippen LogP contribution in [0.4, 0.5) is 0 Å². The average molecular weight is 310 g/mol. The van der Waals surface area contributed by atoms with Crippen LogP contribution in [0.1, 0.15) is 50.6 Å². The van der Waals surface area contributed by atoms with Gasteiger partial charge in [0.1, 0.15) is 0 Å². The molecule has 4 heteroatoms. The van der Waals surface area contributed by atoms with E-state index in [1.54, 1.807) is 0 Å². The number of carbonyl (C=O) groups excluding carboxylic acids is 1. The van der Waals surface area contributed by atoms with Gasteiger partial charge in [0.05, 0.1) is 19.1 Å². The third kappa shape index (κ3) is 5.33. The van der Waals surface area contributed by atoms with E-state index in [0.29, 0.717) is 11.6 Å². The van der Waals surface area contributed by atoms with Crippen molar-refractivity contribution in [3.63, 3.8) is 0 Å². The molecule has 1 heterocycles. The number of quaternary nitrogens is 1. The fraction of sp³-hybridized carbons (Fsp3) is 0.588. The number of benzene rings is 1. The van der Waals surface area contributed by atoms with Gasteiger partial charge in [-0.05, 0) is 44.2 Å². The Hall–Kier alpha value is -1.06. The van der Waals surface area contributed by atoms with Crippen molar-refractivity contribution in [2.75, 3.05) is 19.6 Å². The van der Waals surface area contributed by atoms with Gasteiger partial charge in [-0.3, -0.25) is 4.79 Å². The first-order valence-electron chi connectivity index (χ1n) is 8.04. The lowest BCUT2D eigenvalue weighted by Crippen LogP contribution is -3.13. The molecule has 1 aromatic rings. The molecule has 0 spiro atoms. The van der Waals surface area contributed by atoms with Crippen LogP contribution >= 0.6 is 11.6 Å². The van der Waals surface area contributed by atoms with Gasteiger partial charge in [-0.25, -0.2) is 0 Å². The van der Waals surface area contributed by atoms with Crippen LogP contribution in [-0.4, -0.2) is 25.5 Å². The highest BCUT2D eigenvalue weighted by atomic mass is 35.5. The number of hydrogen-bond donors (Lipinski definition) is 2. The SMILES string of the molecule is C[C@@H](NC(=O)C[NH+]1CCCCCCC1)c1ccccc1Cl. The van der Waals surface area contributed by atoms with Gasteiger partial charge < -0.3 is 10.2 Å². The van der Waals surface area contributed by atoms with Gasteiger partial charge in [0.15, 0.2) is 6.54 Å². The summed E-state index contributed by atoms with van der Waals surface area (Å²) >= 11 is 6.18. The average Bonchev–Trinajstić information content (AvgIpc) is 2.42. The van der Waals surface area contributed by atoms with Crippen LogP contribution in [0.25, 0.3) is 0 Å². The van der Waals surface area contributed by atoms with E-state index in [1.807, 2.05) is 31.2 Å². The molecular formula is C17H26ClN2O+. The van der Waals surface area contributed by atoms with Crippen LogP contribution < -0.4 is 10.2 Å². The van der Waals surface area contributed by atoms with Crippen LogP contribution in [0.15, 0.2) is 24.3 Å². The highest BCUT2D eigenvalue weighted by molar-refractivity contribution is 6.31. The van der Waals surface area contributed by atoms with Crippen LogP contribution in [0.3, 0.4) is 0 Å². The number of amides is 1. The van der Waals surface area contributed by atoms with E-state index in [2.05, 4.69) is 5.32 Å². The van der Waals surface area contributed by atoms with E-state index < -0.39 is 0 Å². The van der Waals surface area contributed by atoms with Gasteiger partial charge in [-0.2, -0.15) is 0 Å². The molecule has 1 aliphatic rings. The van der Waals surface area contributed by atoms with Crippen molar-refractivity contribution in [3.05, 3.63) is 34.9 Å². The normalized spacial score (nSPS) is 18.6. The quantitative estimate of drug-likeness (QED) is 0.879. The Kier molecular flexibility index (Phi) is 6.52. The van der Waals surface area contributed by atoms with Gasteiger partial charge in [0.2, 0.25) is 0 Å². The van der Waals surface area contributed by atoms with Crippen molar-refractivity contribution in [1.82, 2.24) is 5.32 Å². The van der Waals surface area contributed by atoms with E-state index in [4.69, 9.17) is 11.6 Å². The highest BCUT2D eigenvalue weighted by Gasteiger charge is 2.18. The molecule has 0 unspecified atom stereocenters. The van der Waals surface area contributed by atoms with Gasteiger partial charge in [0, 0.05) is 5.02 Å². The number of nitrogens with one attached hydrogen (secondary N) is 2. The standard InChI is InChI=1S/C17H25ClN2O/c1-14(15-9-5-6-10-16(15)18)19-17(21)13-20-11-7-3-2-4-8-12-20/h5-6,9-10,14H,2-4,7-8,11-13H2,1H3,(H,19,21)/p+1/t14-/m1/s1. The first-order chi connectivity index (χ1) is 10.2. The van der Waals surface area contributed by atoms with Crippen LogP contribution in [-0.2, 0) is 4.79 Å². The molecular weight excluding hydrogens is 284 g/mol. The van der Waals surface area contributed by atoms with Gasteiger partial charge >= 0.3 is 0 Å². The summed E-state index contributed by atoms with van der Waals surface area (Å²) in [6.45, 7) is 4.80. The maximum atomic E-state index is 12.2. The van der Waals surface area contributed by atoms with Crippen molar-refractivity contribution < 1.29 is 9.69 Å². The molecule has 2 N–H and O–H groups in total. The number of hydrogen-bond acceptors (Lipinski definition) is 1. The van der Waals surface area contributed by atoms with Crippen molar-refractivity contribution in [1.29, 1.82) is 0 Å². The molecule has 2 rings (SSSR count). The lowest BCUT2D eigenvalue weighted by Gasteiger charge is -2.22. The molecule has 0 aliphatic carbocycles. The Morgan fingerprint density at radius 3 is 2.48 bits per heavy atom. The summed E-state index contributed by atoms with van der Waals surface area (Å²) in [5.41, 5.74) is 0.982. The van der Waals surface area contributed by atoms with Gasteiger partial charge in [-0.1, -0.05) is 36.2 Å². The maximum absolute atomic E-state index is 12.2. The number of halogens is 1. The Labute approximate surface area is 132 Å². The van der Waals surface area contributed by atoms with Crippen molar-refractivity contribution in [2.24, 2.45) is 0 Å². The van der Waals surface area contributed by atoms with E-state index in [9.17, 15) is 4.79 Å². The van der Waals surface area contributed by atoms with Crippen molar-refractivity contribution in [3.8, 4) is 0 Å². The Balaban J connectivity index is 1.84. The Bertz CT molecular complexity index is 456. The first-order valence-corrected chi connectivity index (χ1v) is 8.42. The Morgan fingerprint density at radius 2 is 1.81 bits per heavy atom. The minimum absolute atomic E-state index is 0.0413. The largest absolute Gasteiger partial charge is 0.345 e. The zero-order valence-electron chi connectivity index (χ0n) is 12.8. The second-order valence-electron chi connectivity index (χ2n) is 6.01. The fourth-order valence-electron chi connectivity index (χ4n) is 3.01. The molecule has 0 aromatic heterocycles. The summed E-state index contributed by atoms with van der Waals surface area (Å²) in [6.07, 6.45) is 6.44. The number of carbonyl (C=O) groups is 1. The minimum Gasteiger partial charge on any atom is -0.345 e. The fourth-order valence-corrected chi connectivity index (χ4v) is 3.31. The first kappa shape index (κ1) is 16.3. The van der Waals surface area contributed by atoms with E-state index in [1.165, 1.54) is 37.0 Å². The number of likely N-dealkylation sites (tertiary alicyclic amines) is 1. The van der Waals surface area contributed by atoms with Gasteiger partial charge in [0.25, 0.3) is 5.91 Å². The van der Waals surface area contributed by atoms with E-state index >= 15 is 0 Å². The zero-order valence-corrected chi connectivity index (χ0v) is 13.6. The summed E-state index contributed by atoms with van der Waals surface area (Å²) in [5, 5.41) is 3.79. The molecule has 116 valence electrons. The molecule has 21 heavy (non-hydrogen) atoms. The molecule has 1 aromatic carbocycles. The van der Waals surface area contributed by atoms with E-state index in [0.717, 1.165) is 18.7 Å². The van der Waals surface area contributed by atoms with E-state index in [-0.39, 0.29) is 11.9 Å². The summed E-state index contributed by atoms with van der Waals surface area (Å²) in [5.74, 6) is 0.123. The van der Waals surface area contributed by atoms with Crippen LogP contribution in [0.2, 0.25) is 5.02 Å². The second-order valence-corrected chi connectivity index (χ2v) is 6.41. The van der Waals surface area contributed by atoms with Crippen LogP contribution in [0, 0.1) is 0 Å². The number of rotatable bonds is 4. The molecule has 1 aliphatic heterocycles.